The van der Waals surface area contributed by atoms with Crippen molar-refractivity contribution in [2.24, 2.45) is 0 Å². The Kier molecular flexibility index (Phi) is 6.48. The van der Waals surface area contributed by atoms with Crippen LogP contribution in [0, 0.1) is 11.3 Å². The summed E-state index contributed by atoms with van der Waals surface area (Å²) in [5.41, 5.74) is 3.64. The fourth-order valence-corrected chi connectivity index (χ4v) is 5.52. The Morgan fingerprint density at radius 1 is 1.06 bits per heavy atom. The fraction of sp³-hybridized carbons (Fsp3) is 0.185. The summed E-state index contributed by atoms with van der Waals surface area (Å²) < 4.78 is 5.98. The first-order valence-corrected chi connectivity index (χ1v) is 12.3. The third kappa shape index (κ3) is 4.63. The summed E-state index contributed by atoms with van der Waals surface area (Å²) >= 11 is 7.54. The molecule has 1 fully saturated rings. The van der Waals surface area contributed by atoms with Crippen LogP contribution in [-0.2, 0) is 11.4 Å². The van der Waals surface area contributed by atoms with Gasteiger partial charge in [-0.2, -0.15) is 5.26 Å². The van der Waals surface area contributed by atoms with Gasteiger partial charge in [0.05, 0.1) is 29.2 Å². The van der Waals surface area contributed by atoms with Crippen molar-refractivity contribution in [1.82, 2.24) is 4.90 Å². The summed E-state index contributed by atoms with van der Waals surface area (Å²) in [5, 5.41) is 11.5. The number of amides is 1. The maximum atomic E-state index is 13.2. The smallest absolute Gasteiger partial charge is 0.229 e. The average Bonchev–Trinajstić information content (AvgIpc) is 2.88. The molecule has 0 N–H and O–H groups in total. The molecule has 0 radical (unpaired) electrons. The van der Waals surface area contributed by atoms with Gasteiger partial charge in [-0.15, -0.1) is 0 Å². The number of nitriles is 1. The van der Waals surface area contributed by atoms with Gasteiger partial charge in [0.25, 0.3) is 0 Å². The zero-order valence-corrected chi connectivity index (χ0v) is 19.9. The highest BCUT2D eigenvalue weighted by molar-refractivity contribution is 8.03. The predicted octanol–water partition coefficient (Wildman–Crippen LogP) is 6.14. The molecule has 1 saturated heterocycles. The maximum absolute atomic E-state index is 13.2. The van der Waals surface area contributed by atoms with Crippen molar-refractivity contribution in [3.05, 3.63) is 106 Å². The standard InChI is InChI=1S/C27H22ClN3O2S/c28-21-9-11-22(12-10-21)30-17-31-26(32)14-24(25(15-29)27(31)34-18-30)20-7-4-8-23(13-20)33-16-19-5-2-1-3-6-19/h1-13,24H,14,16-18H2/t24-/m1/s1. The molecule has 2 heterocycles. The van der Waals surface area contributed by atoms with Crippen molar-refractivity contribution in [3.8, 4) is 11.8 Å². The van der Waals surface area contributed by atoms with E-state index in [2.05, 4.69) is 11.0 Å². The van der Waals surface area contributed by atoms with Crippen LogP contribution in [0.1, 0.15) is 23.5 Å². The van der Waals surface area contributed by atoms with E-state index in [4.69, 9.17) is 16.3 Å². The number of carbonyl (C=O) groups is 1. The molecular weight excluding hydrogens is 466 g/mol. The van der Waals surface area contributed by atoms with Crippen LogP contribution in [0.3, 0.4) is 0 Å². The van der Waals surface area contributed by atoms with E-state index in [0.29, 0.717) is 29.7 Å². The molecular formula is C27H22ClN3O2S. The lowest BCUT2D eigenvalue weighted by atomic mass is 9.86. The van der Waals surface area contributed by atoms with E-state index >= 15 is 0 Å². The van der Waals surface area contributed by atoms with Crippen LogP contribution >= 0.6 is 23.4 Å². The lowest BCUT2D eigenvalue weighted by molar-refractivity contribution is -0.129. The van der Waals surface area contributed by atoms with E-state index in [1.807, 2.05) is 78.9 Å². The number of benzene rings is 3. The number of nitrogens with zero attached hydrogens (tertiary/aromatic N) is 3. The highest BCUT2D eigenvalue weighted by atomic mass is 35.5. The third-order valence-corrected chi connectivity index (χ3v) is 7.40. The molecule has 0 aliphatic carbocycles. The molecule has 0 spiro atoms. The SMILES string of the molecule is N#CC1=C2SCN(c3ccc(Cl)cc3)CN2C(=O)C[C@@H]1c1cccc(OCc2ccccc2)c1. The highest BCUT2D eigenvalue weighted by Crippen LogP contribution is 2.43. The number of hydrogen-bond donors (Lipinski definition) is 0. The molecule has 2 aliphatic heterocycles. The Morgan fingerprint density at radius 3 is 2.62 bits per heavy atom. The molecule has 34 heavy (non-hydrogen) atoms. The van der Waals surface area contributed by atoms with Crippen LogP contribution in [0.2, 0.25) is 5.02 Å². The van der Waals surface area contributed by atoms with Gasteiger partial charge in [-0.3, -0.25) is 9.69 Å². The minimum Gasteiger partial charge on any atom is -0.489 e. The van der Waals surface area contributed by atoms with Gasteiger partial charge in [0.2, 0.25) is 5.91 Å². The summed E-state index contributed by atoms with van der Waals surface area (Å²) in [6, 6.07) is 27.7. The number of rotatable bonds is 5. The van der Waals surface area contributed by atoms with E-state index in [9.17, 15) is 10.1 Å². The number of carbonyl (C=O) groups excluding carboxylic acids is 1. The first-order chi connectivity index (χ1) is 16.6. The van der Waals surface area contributed by atoms with Gasteiger partial charge in [0.15, 0.2) is 0 Å². The molecule has 1 atom stereocenters. The van der Waals surface area contributed by atoms with Crippen molar-refractivity contribution in [1.29, 1.82) is 5.26 Å². The number of hydrogen-bond acceptors (Lipinski definition) is 5. The number of ether oxygens (including phenoxy) is 1. The first kappa shape index (κ1) is 22.4. The van der Waals surface area contributed by atoms with Gasteiger partial charge < -0.3 is 9.64 Å². The summed E-state index contributed by atoms with van der Waals surface area (Å²) in [6.07, 6.45) is 0.254. The highest BCUT2D eigenvalue weighted by Gasteiger charge is 2.38. The number of halogens is 1. The van der Waals surface area contributed by atoms with Crippen LogP contribution in [-0.4, -0.2) is 23.4 Å². The van der Waals surface area contributed by atoms with Crippen molar-refractivity contribution >= 4 is 35.0 Å². The monoisotopic (exact) mass is 487 g/mol. The fourth-order valence-electron chi connectivity index (χ4n) is 4.22. The molecule has 3 aromatic rings. The van der Waals surface area contributed by atoms with Crippen LogP contribution in [0.4, 0.5) is 5.69 Å². The zero-order chi connectivity index (χ0) is 23.5. The molecule has 170 valence electrons. The van der Waals surface area contributed by atoms with Gasteiger partial charge in [-0.25, -0.2) is 0 Å². The third-order valence-electron chi connectivity index (χ3n) is 5.99. The Balaban J connectivity index is 1.37. The molecule has 1 amide bonds. The minimum atomic E-state index is -0.279. The van der Waals surface area contributed by atoms with E-state index < -0.39 is 0 Å². The van der Waals surface area contributed by atoms with Crippen molar-refractivity contribution in [2.75, 3.05) is 17.4 Å². The Bertz CT molecular complexity index is 1270. The molecule has 0 bridgehead atoms. The molecule has 0 aromatic heterocycles. The molecule has 0 saturated carbocycles. The van der Waals surface area contributed by atoms with Crippen molar-refractivity contribution in [2.45, 2.75) is 18.9 Å². The number of thioether (sulfide) groups is 1. The lowest BCUT2D eigenvalue weighted by Gasteiger charge is -2.42. The molecule has 5 nitrogen and oxygen atoms in total. The molecule has 3 aromatic carbocycles. The molecule has 2 aliphatic rings. The Morgan fingerprint density at radius 2 is 1.85 bits per heavy atom. The second kappa shape index (κ2) is 9.84. The van der Waals surface area contributed by atoms with Gasteiger partial charge in [0, 0.05) is 23.0 Å². The van der Waals surface area contributed by atoms with E-state index in [-0.39, 0.29) is 18.2 Å². The summed E-state index contributed by atoms with van der Waals surface area (Å²) in [6.45, 7) is 0.880. The van der Waals surface area contributed by atoms with Crippen LogP contribution in [0.5, 0.6) is 5.75 Å². The average molecular weight is 488 g/mol. The van der Waals surface area contributed by atoms with Crippen LogP contribution in [0.15, 0.2) is 89.5 Å². The van der Waals surface area contributed by atoms with Gasteiger partial charge in [0.1, 0.15) is 12.4 Å². The lowest BCUT2D eigenvalue weighted by Crippen LogP contribution is -2.47. The van der Waals surface area contributed by atoms with E-state index in [1.54, 1.807) is 4.90 Å². The Hall–Kier alpha value is -3.40. The largest absolute Gasteiger partial charge is 0.489 e. The number of allylic oxidation sites excluding steroid dienone is 1. The molecule has 7 heteroatoms. The number of fused-ring (bicyclic) bond motifs is 1. The van der Waals surface area contributed by atoms with E-state index in [1.165, 1.54) is 11.8 Å². The van der Waals surface area contributed by atoms with Crippen molar-refractivity contribution in [3.63, 3.8) is 0 Å². The molecule has 5 rings (SSSR count). The van der Waals surface area contributed by atoms with Crippen LogP contribution in [0.25, 0.3) is 0 Å². The Labute approximate surface area is 208 Å². The topological polar surface area (TPSA) is 56.6 Å². The van der Waals surface area contributed by atoms with Crippen LogP contribution < -0.4 is 9.64 Å². The van der Waals surface area contributed by atoms with E-state index in [0.717, 1.165) is 27.6 Å². The second-order valence-electron chi connectivity index (χ2n) is 8.19. The van der Waals surface area contributed by atoms with Crippen molar-refractivity contribution < 1.29 is 9.53 Å². The minimum absolute atomic E-state index is 0.0146. The first-order valence-electron chi connectivity index (χ1n) is 11.0. The maximum Gasteiger partial charge on any atom is 0.229 e. The summed E-state index contributed by atoms with van der Waals surface area (Å²) in [5.74, 6) is 1.11. The van der Waals surface area contributed by atoms with Gasteiger partial charge >= 0.3 is 0 Å². The predicted molar refractivity (Wildman–Crippen MR) is 135 cm³/mol. The summed E-state index contributed by atoms with van der Waals surface area (Å²) in [7, 11) is 0. The van der Waals surface area contributed by atoms with Gasteiger partial charge in [-0.1, -0.05) is 65.8 Å². The number of anilines is 1. The van der Waals surface area contributed by atoms with Gasteiger partial charge in [-0.05, 0) is 47.5 Å². The molecule has 0 unspecified atom stereocenters. The summed E-state index contributed by atoms with van der Waals surface area (Å²) in [4.78, 5) is 17.0. The zero-order valence-electron chi connectivity index (χ0n) is 18.4. The quantitative estimate of drug-likeness (QED) is 0.432. The second-order valence-corrected chi connectivity index (χ2v) is 9.56. The normalized spacial score (nSPS) is 17.9.